The van der Waals surface area contributed by atoms with Gasteiger partial charge >= 0.3 is 5.69 Å². The van der Waals surface area contributed by atoms with Crippen LogP contribution >= 0.6 is 0 Å². The fourth-order valence-corrected chi connectivity index (χ4v) is 9.82. The number of piperidine rings is 1. The van der Waals surface area contributed by atoms with E-state index in [-0.39, 0.29) is 42.7 Å². The molecule has 0 spiro atoms. The number of primary amides is 1. The lowest BCUT2D eigenvalue weighted by molar-refractivity contribution is -0.136. The van der Waals surface area contributed by atoms with E-state index in [1.165, 1.54) is 10.1 Å². The Balaban J connectivity index is 0.910. The number of amides is 6. The molecule has 1 saturated heterocycles. The molecule has 4 aromatic carbocycles. The van der Waals surface area contributed by atoms with E-state index in [9.17, 15) is 33.6 Å². The van der Waals surface area contributed by atoms with E-state index in [0.29, 0.717) is 31.2 Å². The first-order chi connectivity index (χ1) is 31.4. The van der Waals surface area contributed by atoms with Gasteiger partial charge in [-0.15, -0.1) is 0 Å². The minimum Gasteiger partial charge on any atom is -0.370 e. The molecule has 0 bridgehead atoms. The number of imidazole rings is 1. The van der Waals surface area contributed by atoms with Gasteiger partial charge in [0.15, 0.2) is 0 Å². The number of nitrogens with zero attached hydrogens (tertiary/aromatic N) is 3. The highest BCUT2D eigenvalue weighted by atomic mass is 16.2. The van der Waals surface area contributed by atoms with Crippen molar-refractivity contribution < 1.29 is 28.8 Å². The molecule has 14 heteroatoms. The number of aryl methyl sites for hydroxylation is 4. The Kier molecular flexibility index (Phi) is 13.4. The van der Waals surface area contributed by atoms with Gasteiger partial charge in [0.2, 0.25) is 35.4 Å². The molecule has 4 heterocycles. The molecule has 8 rings (SSSR count). The number of nitrogens with two attached hydrogens (primary N) is 1. The van der Waals surface area contributed by atoms with E-state index in [4.69, 9.17) is 5.73 Å². The summed E-state index contributed by atoms with van der Waals surface area (Å²) in [6.45, 7) is 1.90. The number of unbranched alkanes of at least 4 members (excludes halogenated alkanes) is 3. The van der Waals surface area contributed by atoms with Gasteiger partial charge in [-0.2, -0.15) is 0 Å². The van der Waals surface area contributed by atoms with E-state index in [1.807, 2.05) is 85.8 Å². The zero-order chi connectivity index (χ0) is 45.8. The molecule has 14 nitrogen and oxygen atoms in total. The van der Waals surface area contributed by atoms with Gasteiger partial charge in [-0.3, -0.25) is 48.1 Å². The maximum Gasteiger partial charge on any atom is 0.329 e. The van der Waals surface area contributed by atoms with Crippen LogP contribution in [0, 0.1) is 5.92 Å². The molecular formula is C51H57N7O7. The predicted molar refractivity (Wildman–Crippen MR) is 247 cm³/mol. The van der Waals surface area contributed by atoms with Gasteiger partial charge in [-0.25, -0.2) is 4.79 Å². The number of hydrogen-bond acceptors (Lipinski definition) is 7. The number of anilines is 1. The van der Waals surface area contributed by atoms with E-state index in [0.717, 1.165) is 77.5 Å². The number of fused-ring (bicyclic) bond motifs is 1. The van der Waals surface area contributed by atoms with Crippen molar-refractivity contribution >= 4 is 52.2 Å². The summed E-state index contributed by atoms with van der Waals surface area (Å²) in [6, 6.07) is 26.2. The molecule has 5 N–H and O–H groups in total. The Morgan fingerprint density at radius 1 is 0.769 bits per heavy atom. The lowest BCUT2D eigenvalue weighted by atomic mass is 9.94. The van der Waals surface area contributed by atoms with E-state index in [1.54, 1.807) is 16.5 Å². The highest BCUT2D eigenvalue weighted by Crippen LogP contribution is 2.41. The molecule has 3 aliphatic rings. The van der Waals surface area contributed by atoms with Crippen LogP contribution in [0.25, 0.3) is 11.0 Å². The molecule has 4 atom stereocenters. The quantitative estimate of drug-likeness (QED) is 0.0732. The van der Waals surface area contributed by atoms with Crippen LogP contribution in [0.5, 0.6) is 0 Å². The number of aromatic nitrogens is 2. The van der Waals surface area contributed by atoms with Crippen LogP contribution in [-0.4, -0.2) is 56.7 Å². The van der Waals surface area contributed by atoms with Crippen molar-refractivity contribution in [2.24, 2.45) is 18.7 Å². The summed E-state index contributed by atoms with van der Waals surface area (Å²) in [5.41, 5.74) is 13.5. The highest BCUT2D eigenvalue weighted by molar-refractivity contribution is 6.06. The van der Waals surface area contributed by atoms with Gasteiger partial charge in [0.1, 0.15) is 18.1 Å². The van der Waals surface area contributed by atoms with Crippen LogP contribution in [0.1, 0.15) is 110 Å². The first-order valence-electron chi connectivity index (χ1n) is 22.9. The molecule has 338 valence electrons. The molecule has 3 aliphatic heterocycles. The number of nitrogens with one attached hydrogen (secondary N) is 3. The van der Waals surface area contributed by atoms with Crippen molar-refractivity contribution in [3.05, 3.63) is 135 Å². The van der Waals surface area contributed by atoms with Crippen LogP contribution in [0.2, 0.25) is 0 Å². The summed E-state index contributed by atoms with van der Waals surface area (Å²) in [5.74, 6) is -2.68. The molecule has 5 aromatic rings. The number of rotatable bonds is 17. The Bertz CT molecular complexity index is 2650. The van der Waals surface area contributed by atoms with E-state index in [2.05, 4.69) is 28.1 Å². The molecule has 65 heavy (non-hydrogen) atoms. The second-order valence-corrected chi connectivity index (χ2v) is 17.9. The monoisotopic (exact) mass is 879 g/mol. The minimum atomic E-state index is -1.08. The lowest BCUT2D eigenvalue weighted by Crippen LogP contribution is -2.55. The van der Waals surface area contributed by atoms with Gasteiger partial charge in [0.25, 0.3) is 0 Å². The normalized spacial score (nSPS) is 18.6. The van der Waals surface area contributed by atoms with Gasteiger partial charge in [0.05, 0.1) is 22.8 Å². The third-order valence-electron chi connectivity index (χ3n) is 13.3. The summed E-state index contributed by atoms with van der Waals surface area (Å²) >= 11 is 0. The Hall–Kier alpha value is -6.83. The molecule has 0 aliphatic carbocycles. The molecule has 1 unspecified atom stereocenters. The predicted octanol–water partition coefficient (Wildman–Crippen LogP) is 5.16. The smallest absolute Gasteiger partial charge is 0.329 e. The van der Waals surface area contributed by atoms with Gasteiger partial charge in [-0.05, 0) is 96.9 Å². The minimum absolute atomic E-state index is 0.000479. The molecule has 0 saturated carbocycles. The zero-order valence-corrected chi connectivity index (χ0v) is 37.0. The Morgan fingerprint density at radius 3 is 2.09 bits per heavy atom. The topological polar surface area (TPSA) is 195 Å². The number of carbonyl (C=O) groups is 6. The van der Waals surface area contributed by atoms with Crippen LogP contribution in [0.4, 0.5) is 5.69 Å². The molecule has 6 amide bonds. The van der Waals surface area contributed by atoms with Crippen LogP contribution in [0.15, 0.2) is 95.8 Å². The zero-order valence-electron chi connectivity index (χ0n) is 37.0. The van der Waals surface area contributed by atoms with E-state index < -0.39 is 47.8 Å². The number of carbonyl (C=O) groups excluding carboxylic acids is 6. The van der Waals surface area contributed by atoms with Crippen LogP contribution < -0.4 is 32.3 Å². The fraction of sp³-hybridized carbons (Fsp3) is 0.392. The number of benzene rings is 4. The fourth-order valence-electron chi connectivity index (χ4n) is 9.82. The second kappa shape index (κ2) is 19.5. The Morgan fingerprint density at radius 2 is 1.43 bits per heavy atom. The summed E-state index contributed by atoms with van der Waals surface area (Å²) in [7, 11) is 1.71. The van der Waals surface area contributed by atoms with E-state index >= 15 is 0 Å². The van der Waals surface area contributed by atoms with Gasteiger partial charge < -0.3 is 16.4 Å². The molecule has 1 fully saturated rings. The van der Waals surface area contributed by atoms with Crippen molar-refractivity contribution in [1.29, 1.82) is 0 Å². The third-order valence-corrected chi connectivity index (χ3v) is 13.3. The summed E-state index contributed by atoms with van der Waals surface area (Å²) < 4.78 is 3.07. The van der Waals surface area contributed by atoms with Crippen LogP contribution in [-0.2, 0) is 61.5 Å². The molecule has 0 radical (unpaired) electrons. The van der Waals surface area contributed by atoms with Crippen molar-refractivity contribution in [1.82, 2.24) is 25.1 Å². The van der Waals surface area contributed by atoms with Crippen molar-refractivity contribution in [3.63, 3.8) is 0 Å². The van der Waals surface area contributed by atoms with Gasteiger partial charge in [0, 0.05) is 32.2 Å². The largest absolute Gasteiger partial charge is 0.370 e. The van der Waals surface area contributed by atoms with Crippen molar-refractivity contribution in [2.45, 2.75) is 115 Å². The van der Waals surface area contributed by atoms with Crippen LogP contribution in [0.3, 0.4) is 0 Å². The Labute approximate surface area is 377 Å². The maximum absolute atomic E-state index is 14.4. The average molecular weight is 880 g/mol. The number of hydrogen-bond donors (Lipinski definition) is 4. The third kappa shape index (κ3) is 9.67. The summed E-state index contributed by atoms with van der Waals surface area (Å²) in [4.78, 5) is 93.6. The number of imide groups is 1. The maximum atomic E-state index is 14.4. The second-order valence-electron chi connectivity index (χ2n) is 17.9. The first-order valence-corrected chi connectivity index (χ1v) is 22.9. The summed E-state index contributed by atoms with van der Waals surface area (Å²) in [5, 5.41) is 8.41. The molecule has 1 aromatic heterocycles. The first kappa shape index (κ1) is 44.8. The summed E-state index contributed by atoms with van der Waals surface area (Å²) in [6.07, 6.45) is 7.70. The van der Waals surface area contributed by atoms with Crippen molar-refractivity contribution in [2.75, 3.05) is 4.90 Å². The molecular weight excluding hydrogens is 823 g/mol. The highest BCUT2D eigenvalue weighted by Gasteiger charge is 2.44. The van der Waals surface area contributed by atoms with Gasteiger partial charge in [-0.1, -0.05) is 98.6 Å². The average Bonchev–Trinajstić information content (AvgIpc) is 3.77. The standard InChI is InChI=1S/C51H57N7O7/c1-31-19-21-36-27-33(14-8-4-3-7-13-32-20-23-39-41(29-32)56(2)51(65)57(39)40-24-26-44(60)54-48(40)62)28-37-30-42(58(46(36)37)50(31)64)49(63)53-38(22-25-43(52)59)47(61)55-45(34-15-9-5-10-16-34)35-17-11-6-12-18-35/h5-6,9-12,15-18,20,23,27-29,31,38,40,42,45H,3-4,7-8,13-14,19,21-22,24-26,30H2,1-2H3,(H2,52,59)(H,53,63)(H,55,61)(H,54,60,62)/t31-,38-,40?,42-/m0/s1. The SMILES string of the molecule is C[C@H]1CCc2cc(CCCCCCc3ccc4c(c3)n(C)c(=O)n4C3CCC(=O)NC3=O)cc3c2N(C1=O)[C@H](C(=O)N[C@@H](CCC(N)=O)C(=O)NC(c1ccccc1)c1ccccc1)C3. The van der Waals surface area contributed by atoms with Crippen molar-refractivity contribution in [3.8, 4) is 0 Å². The lowest BCUT2D eigenvalue weighted by Gasteiger charge is -2.29.